The van der Waals surface area contributed by atoms with Crippen molar-refractivity contribution in [3.8, 4) is 0 Å². The van der Waals surface area contributed by atoms with Gasteiger partial charge in [0, 0.05) is 0 Å². The zero-order chi connectivity index (χ0) is 17.3. The Hall–Kier alpha value is -1.88. The first-order valence-corrected chi connectivity index (χ1v) is 7.68. The van der Waals surface area contributed by atoms with Crippen LogP contribution in [0, 0.1) is 5.82 Å². The summed E-state index contributed by atoms with van der Waals surface area (Å²) in [5.41, 5.74) is -0.443. The van der Waals surface area contributed by atoms with Crippen LogP contribution in [0.2, 0.25) is 0 Å². The van der Waals surface area contributed by atoms with Gasteiger partial charge in [-0.05, 0) is 52.3 Å². The summed E-state index contributed by atoms with van der Waals surface area (Å²) in [4.78, 5) is 14.1. The van der Waals surface area contributed by atoms with Crippen LogP contribution in [0.1, 0.15) is 40.2 Å². The van der Waals surface area contributed by atoms with Crippen LogP contribution in [-0.2, 0) is 9.47 Å². The van der Waals surface area contributed by atoms with Crippen molar-refractivity contribution in [3.63, 3.8) is 0 Å². The molecule has 1 atom stereocenters. The van der Waals surface area contributed by atoms with E-state index < -0.39 is 17.4 Å². The standard InChI is InChI=1S/C18H24FNO3/c1-17(2,3)23-16(21)20-15(12-22-18(20,4)5)11-8-13-6-9-14(19)10-7-13/h6-11,15H,12H2,1-5H3/t15-/m1/s1. The minimum absolute atomic E-state index is 0.232. The summed E-state index contributed by atoms with van der Waals surface area (Å²) in [6, 6.07) is 5.95. The highest BCUT2D eigenvalue weighted by atomic mass is 19.1. The second-order valence-corrected chi connectivity index (χ2v) is 7.09. The molecule has 1 heterocycles. The Bertz CT molecular complexity index is 587. The number of rotatable bonds is 2. The third-order valence-electron chi connectivity index (χ3n) is 3.49. The summed E-state index contributed by atoms with van der Waals surface area (Å²) in [6.45, 7) is 9.56. The number of hydrogen-bond donors (Lipinski definition) is 0. The first-order valence-electron chi connectivity index (χ1n) is 7.68. The van der Waals surface area contributed by atoms with E-state index in [0.717, 1.165) is 5.56 Å². The Balaban J connectivity index is 2.16. The molecule has 0 saturated carbocycles. The molecule has 1 amide bonds. The van der Waals surface area contributed by atoms with E-state index in [1.54, 1.807) is 17.0 Å². The molecule has 0 N–H and O–H groups in total. The SMILES string of the molecule is CC(C)(C)OC(=O)N1[C@H](C=Cc2ccc(F)cc2)COC1(C)C. The molecule has 1 aliphatic rings. The van der Waals surface area contributed by atoms with Crippen LogP contribution in [0.3, 0.4) is 0 Å². The molecule has 1 aromatic carbocycles. The highest BCUT2D eigenvalue weighted by Crippen LogP contribution is 2.30. The summed E-state index contributed by atoms with van der Waals surface area (Å²) in [5.74, 6) is -0.275. The molecule has 1 aliphatic heterocycles. The van der Waals surface area contributed by atoms with Crippen LogP contribution in [0.5, 0.6) is 0 Å². The molecule has 126 valence electrons. The highest BCUT2D eigenvalue weighted by molar-refractivity contribution is 5.70. The van der Waals surface area contributed by atoms with Crippen molar-refractivity contribution >= 4 is 12.2 Å². The monoisotopic (exact) mass is 321 g/mol. The molecular weight excluding hydrogens is 297 g/mol. The number of benzene rings is 1. The average molecular weight is 321 g/mol. The fourth-order valence-corrected chi connectivity index (χ4v) is 2.44. The predicted octanol–water partition coefficient (Wildman–Crippen LogP) is 4.21. The topological polar surface area (TPSA) is 38.8 Å². The molecule has 23 heavy (non-hydrogen) atoms. The van der Waals surface area contributed by atoms with Crippen LogP contribution in [0.15, 0.2) is 30.3 Å². The van der Waals surface area contributed by atoms with Gasteiger partial charge in [0.1, 0.15) is 17.1 Å². The largest absolute Gasteiger partial charge is 0.444 e. The van der Waals surface area contributed by atoms with E-state index in [-0.39, 0.29) is 11.9 Å². The lowest BCUT2D eigenvalue weighted by molar-refractivity contribution is -0.0610. The van der Waals surface area contributed by atoms with Gasteiger partial charge in [-0.15, -0.1) is 0 Å². The first kappa shape index (κ1) is 17.5. The lowest BCUT2D eigenvalue weighted by Crippen LogP contribution is -2.49. The summed E-state index contributed by atoms with van der Waals surface area (Å²) < 4.78 is 24.1. The van der Waals surface area contributed by atoms with Gasteiger partial charge in [-0.1, -0.05) is 24.3 Å². The number of carbonyl (C=O) groups excluding carboxylic acids is 1. The van der Waals surface area contributed by atoms with E-state index in [2.05, 4.69) is 0 Å². The molecule has 0 aliphatic carbocycles. The van der Waals surface area contributed by atoms with E-state index in [1.807, 2.05) is 46.8 Å². The fraction of sp³-hybridized carbons (Fsp3) is 0.500. The van der Waals surface area contributed by atoms with Gasteiger partial charge in [0.2, 0.25) is 0 Å². The molecule has 0 aromatic heterocycles. The smallest absolute Gasteiger partial charge is 0.413 e. The van der Waals surface area contributed by atoms with Gasteiger partial charge in [-0.2, -0.15) is 0 Å². The second-order valence-electron chi connectivity index (χ2n) is 7.09. The number of nitrogens with zero attached hydrogens (tertiary/aromatic N) is 1. The van der Waals surface area contributed by atoms with E-state index in [4.69, 9.17) is 9.47 Å². The first-order chi connectivity index (χ1) is 10.6. The number of carbonyl (C=O) groups is 1. The molecule has 1 aromatic rings. The molecule has 1 fully saturated rings. The van der Waals surface area contributed by atoms with Crippen molar-refractivity contribution in [3.05, 3.63) is 41.7 Å². The van der Waals surface area contributed by atoms with Gasteiger partial charge in [0.15, 0.2) is 0 Å². The molecule has 0 unspecified atom stereocenters. The third kappa shape index (κ3) is 4.55. The zero-order valence-corrected chi connectivity index (χ0v) is 14.3. The quantitative estimate of drug-likeness (QED) is 0.819. The lowest BCUT2D eigenvalue weighted by atomic mass is 10.1. The van der Waals surface area contributed by atoms with Gasteiger partial charge in [0.05, 0.1) is 12.6 Å². The van der Waals surface area contributed by atoms with Crippen LogP contribution >= 0.6 is 0 Å². The van der Waals surface area contributed by atoms with Gasteiger partial charge in [-0.25, -0.2) is 9.18 Å². The van der Waals surface area contributed by atoms with Crippen LogP contribution in [-0.4, -0.2) is 35.0 Å². The summed E-state index contributed by atoms with van der Waals surface area (Å²) in [5, 5.41) is 0. The van der Waals surface area contributed by atoms with Gasteiger partial charge in [0.25, 0.3) is 0 Å². The number of halogens is 1. The number of ether oxygens (including phenoxy) is 2. The van der Waals surface area contributed by atoms with Gasteiger partial charge < -0.3 is 9.47 Å². The molecule has 4 nitrogen and oxygen atoms in total. The fourth-order valence-electron chi connectivity index (χ4n) is 2.44. The van der Waals surface area contributed by atoms with Crippen LogP contribution in [0.4, 0.5) is 9.18 Å². The van der Waals surface area contributed by atoms with E-state index in [9.17, 15) is 9.18 Å². The molecule has 5 heteroatoms. The predicted molar refractivity (Wildman–Crippen MR) is 87.3 cm³/mol. The maximum absolute atomic E-state index is 12.9. The number of amides is 1. The van der Waals surface area contributed by atoms with Crippen molar-refractivity contribution in [2.24, 2.45) is 0 Å². The van der Waals surface area contributed by atoms with E-state index >= 15 is 0 Å². The lowest BCUT2D eigenvalue weighted by Gasteiger charge is -2.34. The average Bonchev–Trinajstić information content (AvgIpc) is 2.71. The van der Waals surface area contributed by atoms with Crippen molar-refractivity contribution in [2.75, 3.05) is 6.61 Å². The second kappa shape index (κ2) is 6.32. The van der Waals surface area contributed by atoms with Crippen LogP contribution in [0.25, 0.3) is 6.08 Å². The van der Waals surface area contributed by atoms with Crippen molar-refractivity contribution in [1.82, 2.24) is 4.90 Å². The molecule has 1 saturated heterocycles. The minimum Gasteiger partial charge on any atom is -0.444 e. The Morgan fingerprint density at radius 2 is 1.96 bits per heavy atom. The molecule has 2 rings (SSSR count). The molecule has 0 radical (unpaired) electrons. The molecular formula is C18H24FNO3. The highest BCUT2D eigenvalue weighted by Gasteiger charge is 2.44. The summed E-state index contributed by atoms with van der Waals surface area (Å²) >= 11 is 0. The number of hydrogen-bond acceptors (Lipinski definition) is 3. The zero-order valence-electron chi connectivity index (χ0n) is 14.3. The Labute approximate surface area is 136 Å². The molecule has 0 spiro atoms. The van der Waals surface area contributed by atoms with E-state index in [1.165, 1.54) is 12.1 Å². The van der Waals surface area contributed by atoms with Crippen molar-refractivity contribution in [2.45, 2.75) is 52.0 Å². The Morgan fingerprint density at radius 1 is 1.35 bits per heavy atom. The maximum atomic E-state index is 12.9. The Morgan fingerprint density at radius 3 is 2.52 bits per heavy atom. The maximum Gasteiger partial charge on any atom is 0.413 e. The van der Waals surface area contributed by atoms with Gasteiger partial charge >= 0.3 is 6.09 Å². The van der Waals surface area contributed by atoms with Crippen molar-refractivity contribution < 1.29 is 18.7 Å². The molecule has 0 bridgehead atoms. The summed E-state index contributed by atoms with van der Waals surface area (Å²) in [7, 11) is 0. The van der Waals surface area contributed by atoms with Crippen molar-refractivity contribution in [1.29, 1.82) is 0 Å². The summed E-state index contributed by atoms with van der Waals surface area (Å²) in [6.07, 6.45) is 3.33. The van der Waals surface area contributed by atoms with Gasteiger partial charge in [-0.3, -0.25) is 4.90 Å². The minimum atomic E-state index is -0.736. The normalized spacial score (nSPS) is 21.0. The van der Waals surface area contributed by atoms with Crippen LogP contribution < -0.4 is 0 Å². The third-order valence-corrected chi connectivity index (χ3v) is 3.49. The van der Waals surface area contributed by atoms with E-state index in [0.29, 0.717) is 6.61 Å². The Kier molecular flexibility index (Phi) is 4.80.